The van der Waals surface area contributed by atoms with E-state index in [1.54, 1.807) is 7.11 Å². The normalized spacial score (nSPS) is 12.4. The molecule has 0 fully saturated rings. The highest BCUT2D eigenvalue weighted by atomic mass is 16.5. The Morgan fingerprint density at radius 1 is 0.905 bits per heavy atom. The van der Waals surface area contributed by atoms with Gasteiger partial charge >= 0.3 is 0 Å². The fourth-order valence-electron chi connectivity index (χ4n) is 2.54. The molecule has 2 N–H and O–H groups in total. The Kier molecular flexibility index (Phi) is 5.40. The van der Waals surface area contributed by atoms with Crippen molar-refractivity contribution in [3.63, 3.8) is 0 Å². The number of hydrogen-bond acceptors (Lipinski definition) is 2. The van der Waals surface area contributed by atoms with Gasteiger partial charge in [-0.3, -0.25) is 0 Å². The summed E-state index contributed by atoms with van der Waals surface area (Å²) >= 11 is 0. The number of ether oxygens (including phenoxy) is 1. The lowest BCUT2D eigenvalue weighted by Gasteiger charge is -2.16. The van der Waals surface area contributed by atoms with Crippen LogP contribution in [0.1, 0.15) is 42.4 Å². The third kappa shape index (κ3) is 4.08. The van der Waals surface area contributed by atoms with Crippen LogP contribution in [-0.4, -0.2) is 13.7 Å². The van der Waals surface area contributed by atoms with Gasteiger partial charge in [-0.25, -0.2) is 0 Å². The zero-order valence-corrected chi connectivity index (χ0v) is 13.2. The van der Waals surface area contributed by atoms with Crippen molar-refractivity contribution in [3.05, 3.63) is 65.2 Å². The van der Waals surface area contributed by atoms with E-state index in [1.165, 1.54) is 16.7 Å². The molecule has 2 nitrogen and oxygen atoms in total. The third-order valence-electron chi connectivity index (χ3n) is 4.00. The molecular formula is C19H25NO. The van der Waals surface area contributed by atoms with Crippen molar-refractivity contribution in [3.8, 4) is 5.75 Å². The standard InChI is InChI=1S/C19H25NO/c1-14(2)16-6-4-15(5-7-16)12-18(13-20)17-8-10-19(21-3)11-9-17/h4-11,14,18H,12-13,20H2,1-3H3. The van der Waals surface area contributed by atoms with Gasteiger partial charge in [0.25, 0.3) is 0 Å². The molecule has 0 radical (unpaired) electrons. The van der Waals surface area contributed by atoms with Crippen molar-refractivity contribution in [2.45, 2.75) is 32.1 Å². The zero-order valence-electron chi connectivity index (χ0n) is 13.2. The Bertz CT molecular complexity index is 543. The second-order valence-electron chi connectivity index (χ2n) is 5.81. The summed E-state index contributed by atoms with van der Waals surface area (Å²) in [5.74, 6) is 1.81. The van der Waals surface area contributed by atoms with Crippen LogP contribution < -0.4 is 10.5 Å². The average molecular weight is 283 g/mol. The summed E-state index contributed by atoms with van der Waals surface area (Å²) in [7, 11) is 1.69. The van der Waals surface area contributed by atoms with E-state index in [1.807, 2.05) is 12.1 Å². The first-order chi connectivity index (χ1) is 10.1. The minimum Gasteiger partial charge on any atom is -0.497 e. The molecule has 1 unspecified atom stereocenters. The molecule has 2 aromatic rings. The van der Waals surface area contributed by atoms with E-state index in [4.69, 9.17) is 10.5 Å². The van der Waals surface area contributed by atoms with E-state index in [2.05, 4.69) is 50.2 Å². The van der Waals surface area contributed by atoms with Gasteiger partial charge in [-0.05, 0) is 47.7 Å². The number of nitrogens with two attached hydrogens (primary N) is 1. The largest absolute Gasteiger partial charge is 0.497 e. The van der Waals surface area contributed by atoms with Crippen LogP contribution in [0.5, 0.6) is 5.75 Å². The fraction of sp³-hybridized carbons (Fsp3) is 0.368. The van der Waals surface area contributed by atoms with Crippen molar-refractivity contribution < 1.29 is 4.74 Å². The van der Waals surface area contributed by atoms with Crippen molar-refractivity contribution in [2.24, 2.45) is 5.73 Å². The van der Waals surface area contributed by atoms with Crippen LogP contribution in [0.15, 0.2) is 48.5 Å². The Labute approximate surface area is 127 Å². The maximum Gasteiger partial charge on any atom is 0.118 e. The molecule has 2 aromatic carbocycles. The van der Waals surface area contributed by atoms with Gasteiger partial charge in [0.15, 0.2) is 0 Å². The topological polar surface area (TPSA) is 35.2 Å². The second kappa shape index (κ2) is 7.28. The SMILES string of the molecule is COc1ccc(C(CN)Cc2ccc(C(C)C)cc2)cc1. The van der Waals surface area contributed by atoms with Crippen LogP contribution in [0.2, 0.25) is 0 Å². The van der Waals surface area contributed by atoms with E-state index in [0.29, 0.717) is 18.4 Å². The smallest absolute Gasteiger partial charge is 0.118 e. The van der Waals surface area contributed by atoms with E-state index >= 15 is 0 Å². The minimum absolute atomic E-state index is 0.348. The molecule has 0 aromatic heterocycles. The summed E-state index contributed by atoms with van der Waals surface area (Å²) < 4.78 is 5.21. The molecule has 0 amide bonds. The second-order valence-corrected chi connectivity index (χ2v) is 5.81. The predicted molar refractivity (Wildman–Crippen MR) is 89.0 cm³/mol. The van der Waals surface area contributed by atoms with Crippen LogP contribution in [0.25, 0.3) is 0 Å². The predicted octanol–water partition coefficient (Wildman–Crippen LogP) is 4.10. The van der Waals surface area contributed by atoms with Gasteiger partial charge in [0, 0.05) is 5.92 Å². The molecule has 0 saturated carbocycles. The molecule has 0 saturated heterocycles. The molecule has 21 heavy (non-hydrogen) atoms. The molecule has 0 spiro atoms. The summed E-state index contributed by atoms with van der Waals surface area (Å²) in [4.78, 5) is 0. The molecule has 0 heterocycles. The molecule has 0 aliphatic rings. The van der Waals surface area contributed by atoms with Crippen LogP contribution in [0.3, 0.4) is 0 Å². The summed E-state index contributed by atoms with van der Waals surface area (Å²) in [5, 5.41) is 0. The minimum atomic E-state index is 0.348. The van der Waals surface area contributed by atoms with E-state index in [9.17, 15) is 0 Å². The summed E-state index contributed by atoms with van der Waals surface area (Å²) in [5.41, 5.74) is 9.96. The Morgan fingerprint density at radius 3 is 1.95 bits per heavy atom. The quantitative estimate of drug-likeness (QED) is 0.866. The van der Waals surface area contributed by atoms with E-state index < -0.39 is 0 Å². The highest BCUT2D eigenvalue weighted by molar-refractivity contribution is 5.32. The lowest BCUT2D eigenvalue weighted by molar-refractivity contribution is 0.414. The van der Waals surface area contributed by atoms with Crippen molar-refractivity contribution >= 4 is 0 Å². The van der Waals surface area contributed by atoms with Crippen molar-refractivity contribution in [2.75, 3.05) is 13.7 Å². The Balaban J connectivity index is 2.10. The zero-order chi connectivity index (χ0) is 15.2. The Hall–Kier alpha value is -1.80. The molecule has 0 aliphatic heterocycles. The summed E-state index contributed by atoms with van der Waals surface area (Å²) in [6.45, 7) is 5.09. The number of hydrogen-bond donors (Lipinski definition) is 1. The van der Waals surface area contributed by atoms with E-state index in [0.717, 1.165) is 12.2 Å². The highest BCUT2D eigenvalue weighted by Crippen LogP contribution is 2.23. The molecule has 0 bridgehead atoms. The lowest BCUT2D eigenvalue weighted by Crippen LogP contribution is -2.15. The Morgan fingerprint density at radius 2 is 1.48 bits per heavy atom. The van der Waals surface area contributed by atoms with Gasteiger partial charge in [0.2, 0.25) is 0 Å². The molecule has 0 aliphatic carbocycles. The first-order valence-corrected chi connectivity index (χ1v) is 7.57. The number of benzene rings is 2. The van der Waals surface area contributed by atoms with E-state index in [-0.39, 0.29) is 0 Å². The maximum atomic E-state index is 5.97. The van der Waals surface area contributed by atoms with Crippen molar-refractivity contribution in [1.29, 1.82) is 0 Å². The van der Waals surface area contributed by atoms with Crippen LogP contribution in [0.4, 0.5) is 0 Å². The van der Waals surface area contributed by atoms with Crippen LogP contribution >= 0.6 is 0 Å². The highest BCUT2D eigenvalue weighted by Gasteiger charge is 2.11. The number of rotatable bonds is 6. The van der Waals surface area contributed by atoms with Gasteiger partial charge < -0.3 is 10.5 Å². The van der Waals surface area contributed by atoms with Gasteiger partial charge in [-0.15, -0.1) is 0 Å². The molecule has 112 valence electrons. The molecule has 1 atom stereocenters. The third-order valence-corrected chi connectivity index (χ3v) is 4.00. The monoisotopic (exact) mass is 283 g/mol. The summed E-state index contributed by atoms with van der Waals surface area (Å²) in [6, 6.07) is 17.1. The molecular weight excluding hydrogens is 258 g/mol. The van der Waals surface area contributed by atoms with Gasteiger partial charge in [0.1, 0.15) is 5.75 Å². The first-order valence-electron chi connectivity index (χ1n) is 7.57. The lowest BCUT2D eigenvalue weighted by atomic mass is 9.91. The summed E-state index contributed by atoms with van der Waals surface area (Å²) in [6.07, 6.45) is 0.973. The molecule has 2 heteroatoms. The van der Waals surface area contributed by atoms with Crippen molar-refractivity contribution in [1.82, 2.24) is 0 Å². The average Bonchev–Trinajstić information content (AvgIpc) is 2.53. The fourth-order valence-corrected chi connectivity index (χ4v) is 2.54. The van der Waals surface area contributed by atoms with Crippen LogP contribution in [-0.2, 0) is 6.42 Å². The van der Waals surface area contributed by atoms with Crippen LogP contribution in [0, 0.1) is 0 Å². The first kappa shape index (κ1) is 15.6. The van der Waals surface area contributed by atoms with Gasteiger partial charge in [-0.2, -0.15) is 0 Å². The molecule has 2 rings (SSSR count). The number of methoxy groups -OCH3 is 1. The van der Waals surface area contributed by atoms with Gasteiger partial charge in [-0.1, -0.05) is 50.2 Å². The van der Waals surface area contributed by atoms with Gasteiger partial charge in [0.05, 0.1) is 7.11 Å². The maximum absolute atomic E-state index is 5.97.